The lowest BCUT2D eigenvalue weighted by Gasteiger charge is -2.35. The maximum Gasteiger partial charge on any atom is 0.260 e. The van der Waals surface area contributed by atoms with E-state index in [-0.39, 0.29) is 12.5 Å². The van der Waals surface area contributed by atoms with Crippen molar-refractivity contribution >= 4 is 71.7 Å². The minimum absolute atomic E-state index is 0.0344. The van der Waals surface area contributed by atoms with Gasteiger partial charge in [-0.15, -0.1) is 20.4 Å². The summed E-state index contributed by atoms with van der Waals surface area (Å²) in [4.78, 5) is 19.6. The maximum absolute atomic E-state index is 13.4. The molecule has 2 aliphatic heterocycles. The molecule has 2 aromatic heterocycles. The summed E-state index contributed by atoms with van der Waals surface area (Å²) in [6.07, 6.45) is 1.95. The van der Waals surface area contributed by atoms with E-state index >= 15 is 0 Å². The third kappa shape index (κ3) is 8.74. The fourth-order valence-corrected chi connectivity index (χ4v) is 9.55. The number of halogens is 1. The number of ether oxygens (including phenoxy) is 1. The van der Waals surface area contributed by atoms with E-state index < -0.39 is 10.0 Å². The fraction of sp³-hybridized carbons (Fsp3) is 0.255. The van der Waals surface area contributed by atoms with E-state index in [1.165, 1.54) is 16.1 Å². The van der Waals surface area contributed by atoms with Crippen molar-refractivity contribution < 1.29 is 17.9 Å². The number of carbonyl (C=O) groups is 1. The molecule has 5 aromatic carbocycles. The van der Waals surface area contributed by atoms with E-state index in [0.717, 1.165) is 70.4 Å². The number of piperazine rings is 2. The Morgan fingerprint density at radius 2 is 1.15 bits per heavy atom. The van der Waals surface area contributed by atoms with Gasteiger partial charge >= 0.3 is 0 Å². The Labute approximate surface area is 369 Å². The van der Waals surface area contributed by atoms with Crippen LogP contribution >= 0.6 is 22.6 Å². The lowest BCUT2D eigenvalue weighted by Crippen LogP contribution is -2.50. The second-order valence-corrected chi connectivity index (χ2v) is 18.8. The van der Waals surface area contributed by atoms with Gasteiger partial charge < -0.3 is 19.4 Å². The van der Waals surface area contributed by atoms with Crippen molar-refractivity contribution in [2.45, 2.75) is 13.3 Å². The Kier molecular flexibility index (Phi) is 11.6. The van der Waals surface area contributed by atoms with Crippen LogP contribution in [0.5, 0.6) is 5.75 Å². The summed E-state index contributed by atoms with van der Waals surface area (Å²) in [5, 5.41) is 22.8. The molecule has 4 heterocycles. The number of hydrogen-bond donors (Lipinski definition) is 0. The smallest absolute Gasteiger partial charge is 0.260 e. The van der Waals surface area contributed by atoms with Gasteiger partial charge in [-0.05, 0) is 65.3 Å². The number of anilines is 2. The highest BCUT2D eigenvalue weighted by atomic mass is 127. The van der Waals surface area contributed by atoms with Crippen LogP contribution in [-0.4, -0.2) is 109 Å². The molecule has 7 aromatic rings. The number of carbonyl (C=O) groups excluding carboxylic acids is 1. The second kappa shape index (κ2) is 17.3. The van der Waals surface area contributed by atoms with Gasteiger partial charge in [0, 0.05) is 88.6 Å². The SMILES string of the molecule is Cc1ccc(-c2nnc(N3CCN(C(=O)COc4ccc(I)c(Cc5ccc(-c6nnc(N7CCN(S(C)(=O)=O)CC7)c7ccccc67)cc5)c4)CC3)c3ccccc23)cc1. The molecule has 310 valence electrons. The van der Waals surface area contributed by atoms with Crippen molar-refractivity contribution in [2.24, 2.45) is 0 Å². The summed E-state index contributed by atoms with van der Waals surface area (Å²) < 4.78 is 32.8. The summed E-state index contributed by atoms with van der Waals surface area (Å²) in [5.41, 5.74) is 7.11. The normalized spacial score (nSPS) is 15.1. The molecule has 61 heavy (non-hydrogen) atoms. The molecule has 9 rings (SSSR count). The Hall–Kier alpha value is -5.71. The van der Waals surface area contributed by atoms with Crippen molar-refractivity contribution in [3.63, 3.8) is 0 Å². The van der Waals surface area contributed by atoms with Gasteiger partial charge in [-0.25, -0.2) is 8.42 Å². The highest BCUT2D eigenvalue weighted by Gasteiger charge is 2.27. The van der Waals surface area contributed by atoms with E-state index in [4.69, 9.17) is 14.9 Å². The minimum Gasteiger partial charge on any atom is -0.484 e. The van der Waals surface area contributed by atoms with Crippen LogP contribution < -0.4 is 14.5 Å². The lowest BCUT2D eigenvalue weighted by molar-refractivity contribution is -0.133. The van der Waals surface area contributed by atoms with Crippen molar-refractivity contribution in [3.8, 4) is 28.3 Å². The highest BCUT2D eigenvalue weighted by molar-refractivity contribution is 14.1. The predicted octanol–water partition coefficient (Wildman–Crippen LogP) is 7.22. The molecule has 2 fully saturated rings. The molecule has 1 amide bonds. The van der Waals surface area contributed by atoms with Crippen LogP contribution in [0.1, 0.15) is 16.7 Å². The summed E-state index contributed by atoms with van der Waals surface area (Å²) in [6, 6.07) is 39.1. The number of nitrogens with zero attached hydrogens (tertiary/aromatic N) is 8. The highest BCUT2D eigenvalue weighted by Crippen LogP contribution is 2.34. The zero-order valence-electron chi connectivity index (χ0n) is 34.0. The van der Waals surface area contributed by atoms with Crippen molar-refractivity contribution in [1.82, 2.24) is 29.6 Å². The molecule has 12 nitrogen and oxygen atoms in total. The molecule has 0 N–H and O–H groups in total. The van der Waals surface area contributed by atoms with E-state index in [0.29, 0.717) is 64.5 Å². The number of sulfonamides is 1. The third-order valence-electron chi connectivity index (χ3n) is 11.6. The largest absolute Gasteiger partial charge is 0.484 e. The Balaban J connectivity index is 0.819. The number of aryl methyl sites for hydroxylation is 1. The topological polar surface area (TPSA) is 125 Å². The first kappa shape index (κ1) is 40.7. The van der Waals surface area contributed by atoms with Crippen LogP contribution in [-0.2, 0) is 21.2 Å². The summed E-state index contributed by atoms with van der Waals surface area (Å²) in [5.74, 6) is 2.23. The van der Waals surface area contributed by atoms with Crippen LogP contribution in [0.3, 0.4) is 0 Å². The van der Waals surface area contributed by atoms with Crippen molar-refractivity contribution in [2.75, 3.05) is 75.0 Å². The van der Waals surface area contributed by atoms with Gasteiger partial charge in [-0.2, -0.15) is 4.31 Å². The van der Waals surface area contributed by atoms with Gasteiger partial charge in [0.25, 0.3) is 5.91 Å². The summed E-state index contributed by atoms with van der Waals surface area (Å²) in [7, 11) is -3.23. The number of aromatic nitrogens is 4. The van der Waals surface area contributed by atoms with Gasteiger partial charge in [0.15, 0.2) is 18.2 Å². The molecule has 0 aliphatic carbocycles. The third-order valence-corrected chi connectivity index (χ3v) is 14.0. The first-order chi connectivity index (χ1) is 29.6. The monoisotopic (exact) mass is 944 g/mol. The number of hydrogen-bond acceptors (Lipinski definition) is 10. The number of amides is 1. The van der Waals surface area contributed by atoms with E-state index in [9.17, 15) is 13.2 Å². The predicted molar refractivity (Wildman–Crippen MR) is 250 cm³/mol. The maximum atomic E-state index is 13.4. The fourth-order valence-electron chi connectivity index (χ4n) is 8.20. The van der Waals surface area contributed by atoms with E-state index in [1.807, 2.05) is 47.4 Å². The van der Waals surface area contributed by atoms with Crippen LogP contribution in [0.15, 0.2) is 115 Å². The van der Waals surface area contributed by atoms with Gasteiger partial charge in [0.1, 0.15) is 17.1 Å². The molecule has 0 atom stereocenters. The zero-order valence-corrected chi connectivity index (χ0v) is 37.0. The lowest BCUT2D eigenvalue weighted by atomic mass is 10.00. The first-order valence-corrected chi connectivity index (χ1v) is 23.3. The number of benzene rings is 5. The van der Waals surface area contributed by atoms with Crippen molar-refractivity contribution in [3.05, 3.63) is 136 Å². The summed E-state index contributed by atoms with van der Waals surface area (Å²) >= 11 is 2.35. The van der Waals surface area contributed by atoms with Gasteiger partial charge in [0.05, 0.1) is 6.26 Å². The molecule has 2 aliphatic rings. The van der Waals surface area contributed by atoms with Crippen LogP contribution in [0, 0.1) is 10.5 Å². The van der Waals surface area contributed by atoms with Crippen LogP contribution in [0.2, 0.25) is 0 Å². The molecule has 0 unspecified atom stereocenters. The van der Waals surface area contributed by atoms with Gasteiger partial charge in [-0.3, -0.25) is 4.79 Å². The Morgan fingerprint density at radius 1 is 0.639 bits per heavy atom. The average Bonchev–Trinajstić information content (AvgIpc) is 3.29. The number of fused-ring (bicyclic) bond motifs is 2. The standard InChI is InChI=1S/C47H45IN8O4S/c1-32-11-15-34(16-12-32)44-38-7-3-5-9-40(38)46(51-49-44)54-23-21-53(22-24-54)43(57)31-60-37-19-20-42(48)36(30-37)29-33-13-17-35(18-14-33)45-39-8-4-6-10-41(39)47(52-50-45)55-25-27-56(28-26-55)61(2,58)59/h3-20,30H,21-29,31H2,1-2H3. The van der Waals surface area contributed by atoms with Gasteiger partial charge in [-0.1, -0.05) is 103 Å². The Morgan fingerprint density at radius 3 is 1.69 bits per heavy atom. The second-order valence-electron chi connectivity index (χ2n) is 15.6. The van der Waals surface area contributed by atoms with Gasteiger partial charge in [0.2, 0.25) is 10.0 Å². The summed E-state index contributed by atoms with van der Waals surface area (Å²) in [6.45, 7) is 6.44. The quantitative estimate of drug-likeness (QED) is 0.130. The van der Waals surface area contributed by atoms with E-state index in [1.54, 1.807) is 0 Å². The molecule has 14 heteroatoms. The molecule has 0 bridgehead atoms. The molecule has 0 spiro atoms. The molecule has 0 radical (unpaired) electrons. The van der Waals surface area contributed by atoms with Crippen molar-refractivity contribution in [1.29, 1.82) is 0 Å². The minimum atomic E-state index is -3.23. The Bertz CT molecular complexity index is 2840. The van der Waals surface area contributed by atoms with Crippen LogP contribution in [0.4, 0.5) is 11.6 Å². The number of rotatable bonds is 10. The van der Waals surface area contributed by atoms with Crippen LogP contribution in [0.25, 0.3) is 44.1 Å². The average molecular weight is 945 g/mol. The zero-order chi connectivity index (χ0) is 42.1. The molecular formula is C47H45IN8O4S. The van der Waals surface area contributed by atoms with E-state index in [2.05, 4.69) is 122 Å². The molecule has 2 saturated heterocycles. The first-order valence-electron chi connectivity index (χ1n) is 20.4. The molecule has 0 saturated carbocycles. The molecular weight excluding hydrogens is 900 g/mol.